The molecule has 6 heteroatoms. The van der Waals surface area contributed by atoms with Crippen molar-refractivity contribution < 1.29 is 0 Å². The van der Waals surface area contributed by atoms with Gasteiger partial charge in [-0.1, -0.05) is 29.8 Å². The molecule has 6 nitrogen and oxygen atoms in total. The van der Waals surface area contributed by atoms with Crippen LogP contribution in [0.2, 0.25) is 0 Å². The molecule has 0 aliphatic carbocycles. The molecule has 25 heavy (non-hydrogen) atoms. The van der Waals surface area contributed by atoms with Crippen molar-refractivity contribution in [3.05, 3.63) is 78.2 Å². The number of anilines is 1. The molecule has 0 amide bonds. The van der Waals surface area contributed by atoms with E-state index in [-0.39, 0.29) is 0 Å². The third-order valence-electron chi connectivity index (χ3n) is 3.74. The first-order valence-corrected chi connectivity index (χ1v) is 7.90. The van der Waals surface area contributed by atoms with Crippen LogP contribution in [0.4, 0.5) is 5.82 Å². The summed E-state index contributed by atoms with van der Waals surface area (Å²) in [4.78, 5) is 8.56. The van der Waals surface area contributed by atoms with E-state index in [1.165, 1.54) is 5.56 Å². The van der Waals surface area contributed by atoms with Gasteiger partial charge in [0.15, 0.2) is 5.65 Å². The summed E-state index contributed by atoms with van der Waals surface area (Å²) in [5.74, 6) is 0.664. The molecule has 0 radical (unpaired) electrons. The number of hydrogen-bond donors (Lipinski definition) is 1. The molecule has 1 N–H and O–H groups in total. The zero-order chi connectivity index (χ0) is 17.1. The number of hydrazone groups is 1. The average Bonchev–Trinajstić information content (AvgIpc) is 3.06. The molecule has 0 aliphatic rings. The van der Waals surface area contributed by atoms with E-state index in [1.807, 2.05) is 42.6 Å². The number of aryl methyl sites for hydroxylation is 1. The second kappa shape index (κ2) is 6.52. The zero-order valence-electron chi connectivity index (χ0n) is 13.7. The summed E-state index contributed by atoms with van der Waals surface area (Å²) in [7, 11) is 0. The Morgan fingerprint density at radius 3 is 2.80 bits per heavy atom. The van der Waals surface area contributed by atoms with Crippen molar-refractivity contribution in [2.24, 2.45) is 5.10 Å². The molecule has 0 saturated carbocycles. The number of nitrogens with one attached hydrogen (secondary N) is 1. The smallest absolute Gasteiger partial charge is 0.158 e. The number of nitrogens with zero attached hydrogens (tertiary/aromatic N) is 5. The molecule has 3 heterocycles. The van der Waals surface area contributed by atoms with Crippen LogP contribution in [0.25, 0.3) is 16.9 Å². The quantitative estimate of drug-likeness (QED) is 0.459. The number of pyridine rings is 1. The van der Waals surface area contributed by atoms with Crippen LogP contribution >= 0.6 is 0 Å². The molecule has 4 aromatic rings. The van der Waals surface area contributed by atoms with Crippen LogP contribution < -0.4 is 5.43 Å². The molecule has 122 valence electrons. The highest BCUT2D eigenvalue weighted by molar-refractivity contribution is 5.80. The van der Waals surface area contributed by atoms with Gasteiger partial charge in [0, 0.05) is 36.3 Å². The van der Waals surface area contributed by atoms with Crippen molar-refractivity contribution in [1.29, 1.82) is 0 Å². The highest BCUT2D eigenvalue weighted by atomic mass is 15.3. The summed E-state index contributed by atoms with van der Waals surface area (Å²) in [6.07, 6.45) is 7.13. The SMILES string of the molecule is Cc1cccc(C=NNc2ccn3nc(-c4ccncc4)cc3n2)c1. The van der Waals surface area contributed by atoms with E-state index in [2.05, 4.69) is 44.7 Å². The van der Waals surface area contributed by atoms with E-state index >= 15 is 0 Å². The van der Waals surface area contributed by atoms with Gasteiger partial charge >= 0.3 is 0 Å². The molecule has 4 rings (SSSR count). The van der Waals surface area contributed by atoms with Crippen LogP contribution in [0.5, 0.6) is 0 Å². The fourth-order valence-corrected chi connectivity index (χ4v) is 2.53. The first-order chi connectivity index (χ1) is 12.3. The van der Waals surface area contributed by atoms with E-state index in [0.29, 0.717) is 5.82 Å². The first kappa shape index (κ1) is 15.0. The molecule has 0 atom stereocenters. The Hall–Kier alpha value is -3.54. The Morgan fingerprint density at radius 1 is 1.08 bits per heavy atom. The summed E-state index contributed by atoms with van der Waals surface area (Å²) in [6, 6.07) is 15.8. The highest BCUT2D eigenvalue weighted by Crippen LogP contribution is 2.18. The van der Waals surface area contributed by atoms with Crippen LogP contribution in [0.1, 0.15) is 11.1 Å². The van der Waals surface area contributed by atoms with Crippen molar-refractivity contribution in [1.82, 2.24) is 19.6 Å². The molecule has 0 aliphatic heterocycles. The third kappa shape index (κ3) is 3.37. The van der Waals surface area contributed by atoms with E-state index < -0.39 is 0 Å². The van der Waals surface area contributed by atoms with Crippen LogP contribution in [0.15, 0.2) is 72.2 Å². The van der Waals surface area contributed by atoms with E-state index in [0.717, 1.165) is 22.5 Å². The maximum absolute atomic E-state index is 4.53. The Morgan fingerprint density at radius 2 is 1.96 bits per heavy atom. The van der Waals surface area contributed by atoms with E-state index in [1.54, 1.807) is 23.1 Å². The number of benzene rings is 1. The van der Waals surface area contributed by atoms with Crippen molar-refractivity contribution in [2.45, 2.75) is 6.92 Å². The summed E-state index contributed by atoms with van der Waals surface area (Å²) in [5, 5.41) is 8.77. The standard InChI is InChI=1S/C19H16N6/c1-14-3-2-4-15(11-14)13-21-23-18-7-10-25-19(22-18)12-17(24-25)16-5-8-20-9-6-16/h2-13H,1H3,(H,22,23). The van der Waals surface area contributed by atoms with Gasteiger partial charge in [0.05, 0.1) is 11.9 Å². The van der Waals surface area contributed by atoms with Gasteiger partial charge in [0.25, 0.3) is 0 Å². The largest absolute Gasteiger partial charge is 0.265 e. The van der Waals surface area contributed by atoms with Crippen LogP contribution in [0, 0.1) is 6.92 Å². The molecule has 0 unspecified atom stereocenters. The first-order valence-electron chi connectivity index (χ1n) is 7.90. The van der Waals surface area contributed by atoms with Gasteiger partial charge < -0.3 is 0 Å². The minimum absolute atomic E-state index is 0.664. The third-order valence-corrected chi connectivity index (χ3v) is 3.74. The predicted molar refractivity (Wildman–Crippen MR) is 98.6 cm³/mol. The van der Waals surface area contributed by atoms with Gasteiger partial charge in [0.2, 0.25) is 0 Å². The molecule has 0 bridgehead atoms. The van der Waals surface area contributed by atoms with E-state index in [9.17, 15) is 0 Å². The van der Waals surface area contributed by atoms with Crippen molar-refractivity contribution in [3.8, 4) is 11.3 Å². The Bertz CT molecular complexity index is 1040. The summed E-state index contributed by atoms with van der Waals surface area (Å²) in [5.41, 5.74) is 7.82. The second-order valence-corrected chi connectivity index (χ2v) is 5.67. The summed E-state index contributed by atoms with van der Waals surface area (Å²) in [6.45, 7) is 2.06. The fraction of sp³-hybridized carbons (Fsp3) is 0.0526. The fourth-order valence-electron chi connectivity index (χ4n) is 2.53. The maximum atomic E-state index is 4.53. The molecular formula is C19H16N6. The van der Waals surface area contributed by atoms with Crippen LogP contribution in [-0.2, 0) is 0 Å². The summed E-state index contributed by atoms with van der Waals surface area (Å²) < 4.78 is 1.74. The Kier molecular flexibility index (Phi) is 3.92. The lowest BCUT2D eigenvalue weighted by atomic mass is 10.2. The average molecular weight is 328 g/mol. The zero-order valence-corrected chi connectivity index (χ0v) is 13.7. The van der Waals surface area contributed by atoms with Gasteiger partial charge in [0.1, 0.15) is 5.82 Å². The topological polar surface area (TPSA) is 67.5 Å². The molecule has 0 fully saturated rings. The number of rotatable bonds is 4. The van der Waals surface area contributed by atoms with E-state index in [4.69, 9.17) is 0 Å². The lowest BCUT2D eigenvalue weighted by molar-refractivity contribution is 0.942. The van der Waals surface area contributed by atoms with Gasteiger partial charge in [-0.25, -0.2) is 9.50 Å². The Labute approximate surface area is 144 Å². The lowest BCUT2D eigenvalue weighted by Gasteiger charge is -2.00. The molecular weight excluding hydrogens is 312 g/mol. The molecule has 3 aromatic heterocycles. The van der Waals surface area contributed by atoms with Crippen LogP contribution in [-0.4, -0.2) is 25.8 Å². The number of aromatic nitrogens is 4. The second-order valence-electron chi connectivity index (χ2n) is 5.67. The van der Waals surface area contributed by atoms with Gasteiger partial charge in [-0.3, -0.25) is 10.4 Å². The van der Waals surface area contributed by atoms with Gasteiger partial charge in [-0.15, -0.1) is 0 Å². The minimum atomic E-state index is 0.664. The monoisotopic (exact) mass is 328 g/mol. The molecule has 1 aromatic carbocycles. The maximum Gasteiger partial charge on any atom is 0.158 e. The van der Waals surface area contributed by atoms with Crippen molar-refractivity contribution in [2.75, 3.05) is 5.43 Å². The molecule has 0 saturated heterocycles. The Balaban J connectivity index is 1.55. The van der Waals surface area contributed by atoms with Gasteiger partial charge in [-0.05, 0) is 24.6 Å². The van der Waals surface area contributed by atoms with Crippen molar-refractivity contribution >= 4 is 17.7 Å². The lowest BCUT2D eigenvalue weighted by Crippen LogP contribution is -1.96. The number of fused-ring (bicyclic) bond motifs is 1. The minimum Gasteiger partial charge on any atom is -0.265 e. The number of hydrogen-bond acceptors (Lipinski definition) is 5. The van der Waals surface area contributed by atoms with Gasteiger partial charge in [-0.2, -0.15) is 10.2 Å². The normalized spacial score (nSPS) is 11.2. The highest BCUT2D eigenvalue weighted by Gasteiger charge is 2.05. The van der Waals surface area contributed by atoms with Crippen LogP contribution in [0.3, 0.4) is 0 Å². The summed E-state index contributed by atoms with van der Waals surface area (Å²) >= 11 is 0. The van der Waals surface area contributed by atoms with Crippen molar-refractivity contribution in [3.63, 3.8) is 0 Å². The molecule has 0 spiro atoms. The predicted octanol–water partition coefficient (Wildman–Crippen LogP) is 3.55.